The molecule has 0 aromatic heterocycles. The van der Waals surface area contributed by atoms with Gasteiger partial charge in [0.1, 0.15) is 11.2 Å². The van der Waals surface area contributed by atoms with Crippen molar-refractivity contribution in [1.82, 2.24) is 0 Å². The number of nitrogens with zero attached hydrogens (tertiary/aromatic N) is 1. The van der Waals surface area contributed by atoms with Crippen molar-refractivity contribution in [1.29, 1.82) is 0 Å². The van der Waals surface area contributed by atoms with Crippen LogP contribution in [-0.4, -0.2) is 5.17 Å². The molecule has 0 bridgehead atoms. The molecule has 0 heterocycles. The normalized spacial score (nSPS) is 11.6. The largest absolute Gasteiger partial charge is 0.260 e. The Labute approximate surface area is 135 Å². The van der Waals surface area contributed by atoms with E-state index in [0.717, 1.165) is 16.7 Å². The third-order valence-corrected chi connectivity index (χ3v) is 3.80. The summed E-state index contributed by atoms with van der Waals surface area (Å²) in [5.41, 5.74) is 3.19. The summed E-state index contributed by atoms with van der Waals surface area (Å²) < 4.78 is 0. The maximum atomic E-state index is 6.45. The van der Waals surface area contributed by atoms with E-state index in [1.54, 1.807) is 0 Å². The molecule has 3 rings (SSSR count). The van der Waals surface area contributed by atoms with Crippen molar-refractivity contribution in [2.24, 2.45) is 4.99 Å². The number of benzene rings is 3. The molecule has 2 heteroatoms. The highest BCUT2D eigenvalue weighted by atomic mass is 35.5. The van der Waals surface area contributed by atoms with Gasteiger partial charge in [0.15, 0.2) is 0 Å². The lowest BCUT2D eigenvalue weighted by molar-refractivity contribution is 0.876. The van der Waals surface area contributed by atoms with Crippen LogP contribution in [-0.2, 0) is 0 Å². The summed E-state index contributed by atoms with van der Waals surface area (Å²) in [4.78, 5) is 4.77. The average Bonchev–Trinajstić information content (AvgIpc) is 2.62. The minimum atomic E-state index is -0.102. The van der Waals surface area contributed by atoms with Crippen molar-refractivity contribution in [3.8, 4) is 0 Å². The molecule has 3 aromatic rings. The van der Waals surface area contributed by atoms with Crippen LogP contribution < -0.4 is 0 Å². The summed E-state index contributed by atoms with van der Waals surface area (Å²) in [6, 6.07) is 30.2. The van der Waals surface area contributed by atoms with E-state index in [2.05, 4.69) is 24.3 Å². The highest BCUT2D eigenvalue weighted by molar-refractivity contribution is 6.69. The van der Waals surface area contributed by atoms with Crippen molar-refractivity contribution < 1.29 is 0 Å². The van der Waals surface area contributed by atoms with Crippen molar-refractivity contribution in [2.75, 3.05) is 0 Å². The van der Waals surface area contributed by atoms with Crippen molar-refractivity contribution >= 4 is 16.8 Å². The van der Waals surface area contributed by atoms with Crippen LogP contribution in [0.4, 0.5) is 0 Å². The molecular formula is C20H16ClN. The number of halogens is 1. The van der Waals surface area contributed by atoms with Gasteiger partial charge in [-0.2, -0.15) is 0 Å². The van der Waals surface area contributed by atoms with E-state index in [9.17, 15) is 0 Å². The minimum Gasteiger partial charge on any atom is -0.260 e. The first-order valence-corrected chi connectivity index (χ1v) is 7.61. The molecule has 0 radical (unpaired) electrons. The van der Waals surface area contributed by atoms with E-state index in [4.69, 9.17) is 16.6 Å². The Morgan fingerprint density at radius 1 is 0.636 bits per heavy atom. The van der Waals surface area contributed by atoms with Crippen LogP contribution >= 0.6 is 11.6 Å². The first kappa shape index (κ1) is 14.6. The van der Waals surface area contributed by atoms with Gasteiger partial charge in [0.25, 0.3) is 0 Å². The van der Waals surface area contributed by atoms with Crippen LogP contribution in [0.15, 0.2) is 96.0 Å². The molecule has 0 saturated carbocycles. The zero-order chi connectivity index (χ0) is 15.2. The topological polar surface area (TPSA) is 12.4 Å². The Hall–Kier alpha value is -2.38. The van der Waals surface area contributed by atoms with Gasteiger partial charge in [0.05, 0.1) is 0 Å². The first-order chi connectivity index (χ1) is 10.8. The summed E-state index contributed by atoms with van der Waals surface area (Å²) in [6.07, 6.45) is 0. The quantitative estimate of drug-likeness (QED) is 0.567. The second kappa shape index (κ2) is 7.06. The van der Waals surface area contributed by atoms with Gasteiger partial charge in [-0.25, -0.2) is 0 Å². The Balaban J connectivity index is 2.03. The third kappa shape index (κ3) is 3.44. The van der Waals surface area contributed by atoms with E-state index in [1.807, 2.05) is 66.7 Å². The van der Waals surface area contributed by atoms with Crippen LogP contribution in [0.2, 0.25) is 0 Å². The fraction of sp³-hybridized carbons (Fsp3) is 0.0500. The molecule has 0 amide bonds. The molecule has 1 nitrogen and oxygen atoms in total. The molecule has 108 valence electrons. The van der Waals surface area contributed by atoms with Gasteiger partial charge < -0.3 is 0 Å². The number of hydrogen-bond acceptors (Lipinski definition) is 1. The fourth-order valence-corrected chi connectivity index (χ4v) is 2.60. The Kier molecular flexibility index (Phi) is 4.67. The van der Waals surface area contributed by atoms with Gasteiger partial charge in [0, 0.05) is 5.56 Å². The molecule has 22 heavy (non-hydrogen) atoms. The van der Waals surface area contributed by atoms with Gasteiger partial charge in [-0.3, -0.25) is 4.99 Å². The van der Waals surface area contributed by atoms with Gasteiger partial charge >= 0.3 is 0 Å². The summed E-state index contributed by atoms with van der Waals surface area (Å²) in [6.45, 7) is 0. The summed E-state index contributed by atoms with van der Waals surface area (Å²) in [7, 11) is 0. The first-order valence-electron chi connectivity index (χ1n) is 7.23. The van der Waals surface area contributed by atoms with Crippen LogP contribution in [0.1, 0.15) is 22.7 Å². The Morgan fingerprint density at radius 3 is 1.50 bits per heavy atom. The van der Waals surface area contributed by atoms with Crippen molar-refractivity contribution in [3.63, 3.8) is 0 Å². The molecule has 0 N–H and O–H groups in total. The van der Waals surface area contributed by atoms with Crippen LogP contribution in [0.3, 0.4) is 0 Å². The van der Waals surface area contributed by atoms with Gasteiger partial charge in [-0.1, -0.05) is 103 Å². The van der Waals surface area contributed by atoms with E-state index in [1.165, 1.54) is 0 Å². The summed E-state index contributed by atoms with van der Waals surface area (Å²) in [5, 5.41) is 0.526. The van der Waals surface area contributed by atoms with Gasteiger partial charge in [0.2, 0.25) is 0 Å². The maximum absolute atomic E-state index is 6.45. The summed E-state index contributed by atoms with van der Waals surface area (Å²) >= 11 is 6.45. The molecule has 0 aliphatic carbocycles. The lowest BCUT2D eigenvalue weighted by Crippen LogP contribution is -2.02. The number of aliphatic imine (C=N–C) groups is 1. The van der Waals surface area contributed by atoms with E-state index >= 15 is 0 Å². The molecule has 0 fully saturated rings. The van der Waals surface area contributed by atoms with Gasteiger partial charge in [-0.15, -0.1) is 0 Å². The average molecular weight is 306 g/mol. The smallest absolute Gasteiger partial charge is 0.131 e. The Morgan fingerprint density at radius 2 is 1.05 bits per heavy atom. The van der Waals surface area contributed by atoms with Crippen LogP contribution in [0.5, 0.6) is 0 Å². The second-order valence-corrected chi connectivity index (χ2v) is 5.37. The molecule has 0 unspecified atom stereocenters. The third-order valence-electron chi connectivity index (χ3n) is 3.49. The molecule has 3 aromatic carbocycles. The molecule has 0 saturated heterocycles. The molecule has 0 spiro atoms. The fourth-order valence-electron chi connectivity index (χ4n) is 2.38. The molecule has 0 atom stereocenters. The Bertz CT molecular complexity index is 697. The molecule has 0 aliphatic heterocycles. The monoisotopic (exact) mass is 305 g/mol. The van der Waals surface area contributed by atoms with Crippen LogP contribution in [0.25, 0.3) is 0 Å². The minimum absolute atomic E-state index is 0.102. The second-order valence-electron chi connectivity index (χ2n) is 5.01. The highest BCUT2D eigenvalue weighted by Crippen LogP contribution is 2.27. The number of rotatable bonds is 4. The predicted molar refractivity (Wildman–Crippen MR) is 93.6 cm³/mol. The zero-order valence-electron chi connectivity index (χ0n) is 12.1. The van der Waals surface area contributed by atoms with Crippen LogP contribution in [0, 0.1) is 0 Å². The highest BCUT2D eigenvalue weighted by Gasteiger charge is 2.13. The maximum Gasteiger partial charge on any atom is 0.131 e. The standard InChI is InChI=1S/C20H16ClN/c21-20(18-14-8-3-9-15-18)22-19(16-10-4-1-5-11-16)17-12-6-2-7-13-17/h1-15,19H. The summed E-state index contributed by atoms with van der Waals surface area (Å²) in [5.74, 6) is 0. The van der Waals surface area contributed by atoms with Crippen molar-refractivity contribution in [3.05, 3.63) is 108 Å². The number of hydrogen-bond donors (Lipinski definition) is 0. The van der Waals surface area contributed by atoms with E-state index < -0.39 is 0 Å². The zero-order valence-corrected chi connectivity index (χ0v) is 12.8. The van der Waals surface area contributed by atoms with Gasteiger partial charge in [-0.05, 0) is 11.1 Å². The SMILES string of the molecule is ClC(=NC(c1ccccc1)c1ccccc1)c1ccccc1. The van der Waals surface area contributed by atoms with Crippen molar-refractivity contribution in [2.45, 2.75) is 6.04 Å². The molecular weight excluding hydrogens is 290 g/mol. The predicted octanol–water partition coefficient (Wildman–Crippen LogP) is 5.46. The van der Waals surface area contributed by atoms with E-state index in [-0.39, 0.29) is 6.04 Å². The lowest BCUT2D eigenvalue weighted by atomic mass is 9.99. The van der Waals surface area contributed by atoms with E-state index in [0.29, 0.717) is 5.17 Å². The molecule has 0 aliphatic rings. The lowest BCUT2D eigenvalue weighted by Gasteiger charge is -2.14.